The van der Waals surface area contributed by atoms with Crippen LogP contribution in [0.3, 0.4) is 0 Å². The molecule has 0 nitrogen and oxygen atoms in total. The van der Waals surface area contributed by atoms with Crippen LogP contribution >= 0.6 is 0 Å². The Morgan fingerprint density at radius 3 is 1.52 bits per heavy atom. The molecule has 0 unspecified atom stereocenters. The van der Waals surface area contributed by atoms with Crippen molar-refractivity contribution in [1.82, 2.24) is 0 Å². The number of fused-ring (bicyclic) bond motifs is 3. The van der Waals surface area contributed by atoms with E-state index < -0.39 is 0 Å². The monoisotopic (exact) mass is 336 g/mol. The van der Waals surface area contributed by atoms with E-state index in [9.17, 15) is 0 Å². The minimum Gasteiger partial charge on any atom is -0.0683 e. The normalized spacial score (nSPS) is 16.2. The van der Waals surface area contributed by atoms with Crippen LogP contribution in [0.15, 0.2) is 48.5 Å². The fraction of sp³-hybridized carbons (Fsp3) is 0.520. The summed E-state index contributed by atoms with van der Waals surface area (Å²) in [6.45, 7) is 13.0. The van der Waals surface area contributed by atoms with Crippen LogP contribution in [-0.4, -0.2) is 0 Å². The number of benzene rings is 2. The summed E-state index contributed by atoms with van der Waals surface area (Å²) in [5, 5.41) is 0. The second-order valence-electron chi connectivity index (χ2n) is 7.41. The minimum atomic E-state index is 0.346. The van der Waals surface area contributed by atoms with Gasteiger partial charge in [0, 0.05) is 5.92 Å². The number of rotatable bonds is 2. The average molecular weight is 337 g/mol. The molecule has 0 heterocycles. The zero-order chi connectivity index (χ0) is 18.4. The van der Waals surface area contributed by atoms with Gasteiger partial charge in [0.2, 0.25) is 0 Å². The maximum atomic E-state index is 2.51. The van der Waals surface area contributed by atoms with Gasteiger partial charge in [-0.2, -0.15) is 0 Å². The minimum absolute atomic E-state index is 0.346. The molecule has 0 radical (unpaired) electrons. The molecule has 0 spiro atoms. The Balaban J connectivity index is 0.000000528. The van der Waals surface area contributed by atoms with Crippen LogP contribution in [0.2, 0.25) is 0 Å². The molecule has 0 amide bonds. The van der Waals surface area contributed by atoms with Crippen LogP contribution in [-0.2, 0) is 0 Å². The molecule has 2 aromatic rings. The van der Waals surface area contributed by atoms with Gasteiger partial charge in [-0.25, -0.2) is 0 Å². The molecule has 0 atom stereocenters. The maximum absolute atomic E-state index is 2.51. The molecule has 0 aliphatic heterocycles. The molecule has 1 saturated carbocycles. The fourth-order valence-corrected chi connectivity index (χ4v) is 4.86. The first-order valence-corrected chi connectivity index (χ1v) is 10.4. The first-order valence-electron chi connectivity index (χ1n) is 10.4. The van der Waals surface area contributed by atoms with E-state index in [0.29, 0.717) is 11.3 Å². The highest BCUT2D eigenvalue weighted by molar-refractivity contribution is 5.79. The summed E-state index contributed by atoms with van der Waals surface area (Å²) in [6, 6.07) is 18.1. The van der Waals surface area contributed by atoms with E-state index in [2.05, 4.69) is 62.4 Å². The van der Waals surface area contributed by atoms with E-state index in [0.717, 1.165) is 5.92 Å². The van der Waals surface area contributed by atoms with Gasteiger partial charge in [-0.1, -0.05) is 103 Å². The molecule has 25 heavy (non-hydrogen) atoms. The Morgan fingerprint density at radius 2 is 1.08 bits per heavy atom. The van der Waals surface area contributed by atoms with Crippen LogP contribution in [0, 0.1) is 11.3 Å². The highest BCUT2D eigenvalue weighted by Gasteiger charge is 2.44. The predicted molar refractivity (Wildman–Crippen MR) is 112 cm³/mol. The Hall–Kier alpha value is -1.56. The SMILES string of the molecule is CC.CC.CC(C)(C1CCCC1)C1c2ccccc2-c2ccccc21. The molecular weight excluding hydrogens is 300 g/mol. The lowest BCUT2D eigenvalue weighted by Gasteiger charge is -2.39. The molecule has 0 aromatic heterocycles. The second kappa shape index (κ2) is 8.70. The molecule has 136 valence electrons. The van der Waals surface area contributed by atoms with Gasteiger partial charge >= 0.3 is 0 Å². The van der Waals surface area contributed by atoms with Gasteiger partial charge in [0.1, 0.15) is 0 Å². The van der Waals surface area contributed by atoms with Crippen molar-refractivity contribution in [2.75, 3.05) is 0 Å². The first kappa shape index (κ1) is 19.8. The van der Waals surface area contributed by atoms with Gasteiger partial charge < -0.3 is 0 Å². The Morgan fingerprint density at radius 1 is 0.680 bits per heavy atom. The van der Waals surface area contributed by atoms with Crippen molar-refractivity contribution in [3.05, 3.63) is 59.7 Å². The summed E-state index contributed by atoms with van der Waals surface area (Å²) in [4.78, 5) is 0. The Labute approximate surface area is 155 Å². The van der Waals surface area contributed by atoms with Crippen LogP contribution < -0.4 is 0 Å². The van der Waals surface area contributed by atoms with Crippen molar-refractivity contribution >= 4 is 0 Å². The predicted octanol–water partition coefficient (Wildman–Crippen LogP) is 8.07. The first-order chi connectivity index (χ1) is 12.2. The van der Waals surface area contributed by atoms with Crippen molar-refractivity contribution in [3.63, 3.8) is 0 Å². The lowest BCUT2D eigenvalue weighted by molar-refractivity contribution is 0.189. The van der Waals surface area contributed by atoms with E-state index >= 15 is 0 Å². The maximum Gasteiger partial charge on any atom is 0.0155 e. The highest BCUT2D eigenvalue weighted by Crippen LogP contribution is 2.57. The van der Waals surface area contributed by atoms with Crippen molar-refractivity contribution < 1.29 is 0 Å². The number of hydrogen-bond acceptors (Lipinski definition) is 0. The molecule has 0 bridgehead atoms. The molecule has 4 rings (SSSR count). The summed E-state index contributed by atoms with van der Waals surface area (Å²) in [5.41, 5.74) is 6.37. The van der Waals surface area contributed by atoms with E-state index in [1.54, 1.807) is 11.1 Å². The third-order valence-electron chi connectivity index (χ3n) is 5.99. The molecule has 0 saturated heterocycles. The van der Waals surface area contributed by atoms with Crippen molar-refractivity contribution in [2.45, 2.75) is 73.1 Å². The average Bonchev–Trinajstić information content (AvgIpc) is 3.32. The van der Waals surface area contributed by atoms with Gasteiger partial charge in [0.15, 0.2) is 0 Å². The van der Waals surface area contributed by atoms with Crippen molar-refractivity contribution in [1.29, 1.82) is 0 Å². The summed E-state index contributed by atoms with van der Waals surface area (Å²) in [6.07, 6.45) is 5.66. The molecule has 2 aliphatic carbocycles. The van der Waals surface area contributed by atoms with Crippen LogP contribution in [0.5, 0.6) is 0 Å². The third kappa shape index (κ3) is 3.54. The quantitative estimate of drug-likeness (QED) is 0.520. The van der Waals surface area contributed by atoms with Gasteiger partial charge in [-0.3, -0.25) is 0 Å². The number of hydrogen-bond donors (Lipinski definition) is 0. The van der Waals surface area contributed by atoms with Crippen LogP contribution in [0.4, 0.5) is 0 Å². The second-order valence-corrected chi connectivity index (χ2v) is 7.41. The largest absolute Gasteiger partial charge is 0.0683 e. The summed E-state index contributed by atoms with van der Waals surface area (Å²) in [7, 11) is 0. The van der Waals surface area contributed by atoms with Gasteiger partial charge in [-0.15, -0.1) is 0 Å². The van der Waals surface area contributed by atoms with E-state index in [-0.39, 0.29) is 0 Å². The summed E-state index contributed by atoms with van der Waals surface area (Å²) in [5.74, 6) is 1.43. The summed E-state index contributed by atoms with van der Waals surface area (Å²) >= 11 is 0. The lowest BCUT2D eigenvalue weighted by atomic mass is 9.65. The van der Waals surface area contributed by atoms with Crippen molar-refractivity contribution in [2.24, 2.45) is 11.3 Å². The van der Waals surface area contributed by atoms with Crippen LogP contribution in [0.25, 0.3) is 11.1 Å². The van der Waals surface area contributed by atoms with Crippen LogP contribution in [0.1, 0.15) is 84.3 Å². The molecule has 0 heteroatoms. The topological polar surface area (TPSA) is 0 Å². The Kier molecular flexibility index (Phi) is 6.87. The summed E-state index contributed by atoms with van der Waals surface area (Å²) < 4.78 is 0. The van der Waals surface area contributed by atoms with Crippen molar-refractivity contribution in [3.8, 4) is 11.1 Å². The smallest absolute Gasteiger partial charge is 0.0155 e. The molecule has 1 fully saturated rings. The van der Waals surface area contributed by atoms with E-state index in [1.807, 2.05) is 27.7 Å². The zero-order valence-corrected chi connectivity index (χ0v) is 17.1. The molecular formula is C25H36. The standard InChI is InChI=1S/C21H24.2C2H6/c1-21(2,15-9-3-4-10-15)20-18-13-7-5-11-16(18)17-12-6-8-14-19(17)20;2*1-2/h5-8,11-15,20H,3-4,9-10H2,1-2H3;2*1-2H3. The van der Waals surface area contributed by atoms with Gasteiger partial charge in [-0.05, 0) is 46.4 Å². The van der Waals surface area contributed by atoms with E-state index in [1.165, 1.54) is 36.8 Å². The fourth-order valence-electron chi connectivity index (χ4n) is 4.86. The van der Waals surface area contributed by atoms with E-state index in [4.69, 9.17) is 0 Å². The third-order valence-corrected chi connectivity index (χ3v) is 5.99. The zero-order valence-electron chi connectivity index (χ0n) is 17.1. The molecule has 0 N–H and O–H groups in total. The Bertz CT molecular complexity index is 614. The highest BCUT2D eigenvalue weighted by atomic mass is 14.5. The molecule has 2 aliphatic rings. The lowest BCUT2D eigenvalue weighted by Crippen LogP contribution is -2.29. The molecule has 2 aromatic carbocycles. The van der Waals surface area contributed by atoms with Gasteiger partial charge in [0.25, 0.3) is 0 Å². The van der Waals surface area contributed by atoms with Gasteiger partial charge in [0.05, 0.1) is 0 Å².